The third kappa shape index (κ3) is 3.72. The second-order valence-corrected chi connectivity index (χ2v) is 7.13. The van der Waals surface area contributed by atoms with E-state index in [1.807, 2.05) is 30.3 Å². The quantitative estimate of drug-likeness (QED) is 0.894. The fraction of sp³-hybridized carbons (Fsp3) is 0.500. The van der Waals surface area contributed by atoms with Crippen LogP contribution < -0.4 is 9.62 Å². The van der Waals surface area contributed by atoms with Crippen LogP contribution in [0.25, 0.3) is 0 Å². The van der Waals surface area contributed by atoms with Crippen molar-refractivity contribution in [2.45, 2.75) is 30.9 Å². The molecule has 110 valence electrons. The van der Waals surface area contributed by atoms with Crippen LogP contribution in [-0.4, -0.2) is 33.2 Å². The molecule has 5 nitrogen and oxygen atoms in total. The Morgan fingerprint density at radius 1 is 1.25 bits per heavy atom. The summed E-state index contributed by atoms with van der Waals surface area (Å²) in [5, 5.41) is -0.409. The predicted octanol–water partition coefficient (Wildman–Crippen LogP) is 1.51. The van der Waals surface area contributed by atoms with E-state index >= 15 is 0 Å². The van der Waals surface area contributed by atoms with E-state index in [0.717, 1.165) is 18.5 Å². The number of anilines is 1. The van der Waals surface area contributed by atoms with Gasteiger partial charge in [-0.05, 0) is 25.0 Å². The lowest BCUT2D eigenvalue weighted by Crippen LogP contribution is -2.42. The molecule has 1 aromatic rings. The number of para-hydroxylation sites is 1. The third-order valence-corrected chi connectivity index (χ3v) is 5.44. The van der Waals surface area contributed by atoms with Crippen molar-refractivity contribution in [2.24, 2.45) is 0 Å². The topological polar surface area (TPSA) is 66.5 Å². The number of hydrogen-bond acceptors (Lipinski definition) is 4. The molecule has 0 spiro atoms. The van der Waals surface area contributed by atoms with Gasteiger partial charge in [-0.1, -0.05) is 31.0 Å². The molecule has 1 aliphatic carbocycles. The zero-order valence-electron chi connectivity index (χ0n) is 11.6. The first kappa shape index (κ1) is 14.8. The van der Waals surface area contributed by atoms with E-state index in [9.17, 15) is 13.2 Å². The number of nitrogens with one attached hydrogen (secondary N) is 1. The lowest BCUT2D eigenvalue weighted by Gasteiger charge is -2.19. The Kier molecular flexibility index (Phi) is 4.65. The van der Waals surface area contributed by atoms with Crippen LogP contribution in [0.3, 0.4) is 0 Å². The van der Waals surface area contributed by atoms with Crippen LogP contribution in [0.1, 0.15) is 25.7 Å². The summed E-state index contributed by atoms with van der Waals surface area (Å²) in [6.07, 6.45) is 3.14. The Labute approximate surface area is 120 Å². The molecule has 0 unspecified atom stereocenters. The zero-order valence-corrected chi connectivity index (χ0v) is 12.4. The van der Waals surface area contributed by atoms with Gasteiger partial charge in [-0.2, -0.15) is 0 Å². The van der Waals surface area contributed by atoms with Gasteiger partial charge in [-0.15, -0.1) is 0 Å². The van der Waals surface area contributed by atoms with Crippen molar-refractivity contribution in [2.75, 3.05) is 18.5 Å². The molecule has 1 aliphatic rings. The summed E-state index contributed by atoms with van der Waals surface area (Å²) in [7, 11) is -1.75. The molecule has 0 atom stereocenters. The summed E-state index contributed by atoms with van der Waals surface area (Å²) in [5.74, 6) is -0.483. The zero-order chi connectivity index (χ0) is 14.6. The van der Waals surface area contributed by atoms with Crippen LogP contribution in [0.15, 0.2) is 30.3 Å². The maximum absolute atomic E-state index is 12.0. The van der Waals surface area contributed by atoms with E-state index in [0.29, 0.717) is 12.8 Å². The van der Waals surface area contributed by atoms with Gasteiger partial charge in [0.05, 0.1) is 11.8 Å². The second kappa shape index (κ2) is 6.26. The molecule has 6 heteroatoms. The Bertz CT molecular complexity index is 551. The van der Waals surface area contributed by atoms with Crippen LogP contribution in [0, 0.1) is 0 Å². The Morgan fingerprint density at radius 2 is 1.85 bits per heavy atom. The standard InChI is InChI=1S/C14H20N2O3S/c1-16(12-7-3-2-4-8-12)11-14(17)15-20(18,19)13-9-5-6-10-13/h2-4,7-8,13H,5-6,9-11H2,1H3,(H,15,17). The Balaban J connectivity index is 1.92. The molecule has 1 saturated carbocycles. The normalized spacial score (nSPS) is 16.1. The highest BCUT2D eigenvalue weighted by Crippen LogP contribution is 2.23. The second-order valence-electron chi connectivity index (χ2n) is 5.17. The van der Waals surface area contributed by atoms with E-state index in [1.54, 1.807) is 11.9 Å². The van der Waals surface area contributed by atoms with Gasteiger partial charge in [0.2, 0.25) is 10.0 Å². The van der Waals surface area contributed by atoms with E-state index in [-0.39, 0.29) is 6.54 Å². The van der Waals surface area contributed by atoms with Crippen molar-refractivity contribution in [1.29, 1.82) is 0 Å². The molecule has 0 aliphatic heterocycles. The average molecular weight is 296 g/mol. The Hall–Kier alpha value is -1.56. The summed E-state index contributed by atoms with van der Waals surface area (Å²) in [4.78, 5) is 13.6. The molecule has 1 amide bonds. The first-order valence-electron chi connectivity index (χ1n) is 6.80. The molecule has 0 aromatic heterocycles. The smallest absolute Gasteiger partial charge is 0.252 e. The molecule has 0 saturated heterocycles. The summed E-state index contributed by atoms with van der Waals surface area (Å²) >= 11 is 0. The highest BCUT2D eigenvalue weighted by molar-refractivity contribution is 7.90. The van der Waals surface area contributed by atoms with Gasteiger partial charge in [-0.25, -0.2) is 8.42 Å². The maximum atomic E-state index is 12.0. The SMILES string of the molecule is CN(CC(=O)NS(=O)(=O)C1CCCC1)c1ccccc1. The fourth-order valence-electron chi connectivity index (χ4n) is 2.46. The molecule has 2 rings (SSSR count). The lowest BCUT2D eigenvalue weighted by atomic mass is 10.3. The number of carbonyl (C=O) groups is 1. The molecule has 0 radical (unpaired) electrons. The van der Waals surface area contributed by atoms with Crippen molar-refractivity contribution in [1.82, 2.24) is 4.72 Å². The Morgan fingerprint density at radius 3 is 2.45 bits per heavy atom. The fourth-order valence-corrected chi connectivity index (χ4v) is 3.96. The molecule has 1 N–H and O–H groups in total. The highest BCUT2D eigenvalue weighted by atomic mass is 32.2. The minimum absolute atomic E-state index is 0.0238. The van der Waals surface area contributed by atoms with Gasteiger partial charge in [0.1, 0.15) is 0 Å². The van der Waals surface area contributed by atoms with Crippen molar-refractivity contribution in [3.05, 3.63) is 30.3 Å². The van der Waals surface area contributed by atoms with Crippen molar-refractivity contribution < 1.29 is 13.2 Å². The van der Waals surface area contributed by atoms with Gasteiger partial charge >= 0.3 is 0 Å². The lowest BCUT2D eigenvalue weighted by molar-refractivity contribution is -0.118. The average Bonchev–Trinajstić information content (AvgIpc) is 2.93. The molecule has 20 heavy (non-hydrogen) atoms. The van der Waals surface area contributed by atoms with E-state index in [4.69, 9.17) is 0 Å². The summed E-state index contributed by atoms with van der Waals surface area (Å²) in [5.41, 5.74) is 0.876. The van der Waals surface area contributed by atoms with Gasteiger partial charge in [0.25, 0.3) is 5.91 Å². The number of benzene rings is 1. The first-order valence-corrected chi connectivity index (χ1v) is 8.34. The van der Waals surface area contributed by atoms with Gasteiger partial charge in [0.15, 0.2) is 0 Å². The minimum atomic E-state index is -3.51. The number of rotatable bonds is 5. The molecule has 1 aromatic carbocycles. The van der Waals surface area contributed by atoms with Crippen LogP contribution in [0.4, 0.5) is 5.69 Å². The van der Waals surface area contributed by atoms with Crippen LogP contribution in [0.5, 0.6) is 0 Å². The van der Waals surface area contributed by atoms with Gasteiger partial charge < -0.3 is 4.90 Å². The molecule has 0 heterocycles. The number of likely N-dealkylation sites (N-methyl/N-ethyl adjacent to an activating group) is 1. The number of nitrogens with zero attached hydrogens (tertiary/aromatic N) is 1. The first-order chi connectivity index (χ1) is 9.49. The largest absolute Gasteiger partial charge is 0.365 e. The number of carbonyl (C=O) groups excluding carboxylic acids is 1. The third-order valence-electron chi connectivity index (χ3n) is 3.57. The summed E-state index contributed by atoms with van der Waals surface area (Å²) in [6.45, 7) is 0.0238. The number of amides is 1. The minimum Gasteiger partial charge on any atom is -0.365 e. The highest BCUT2D eigenvalue weighted by Gasteiger charge is 2.30. The molecule has 1 fully saturated rings. The predicted molar refractivity (Wildman–Crippen MR) is 79.0 cm³/mol. The number of sulfonamides is 1. The van der Waals surface area contributed by atoms with Crippen LogP contribution in [0.2, 0.25) is 0 Å². The number of hydrogen-bond donors (Lipinski definition) is 1. The van der Waals surface area contributed by atoms with Crippen molar-refractivity contribution >= 4 is 21.6 Å². The van der Waals surface area contributed by atoms with E-state index in [1.165, 1.54) is 0 Å². The van der Waals surface area contributed by atoms with Gasteiger partial charge in [-0.3, -0.25) is 9.52 Å². The summed E-state index contributed by atoms with van der Waals surface area (Å²) < 4.78 is 26.2. The van der Waals surface area contributed by atoms with E-state index in [2.05, 4.69) is 4.72 Å². The molecule has 0 bridgehead atoms. The van der Waals surface area contributed by atoms with Crippen molar-refractivity contribution in [3.63, 3.8) is 0 Å². The molecular formula is C14H20N2O3S. The van der Waals surface area contributed by atoms with Crippen molar-refractivity contribution in [3.8, 4) is 0 Å². The van der Waals surface area contributed by atoms with Gasteiger partial charge in [0, 0.05) is 12.7 Å². The van der Waals surface area contributed by atoms with Crippen LogP contribution >= 0.6 is 0 Å². The van der Waals surface area contributed by atoms with Crippen LogP contribution in [-0.2, 0) is 14.8 Å². The van der Waals surface area contributed by atoms with E-state index < -0.39 is 21.2 Å². The summed E-state index contributed by atoms with van der Waals surface area (Å²) in [6, 6.07) is 9.39. The monoisotopic (exact) mass is 296 g/mol. The maximum Gasteiger partial charge on any atom is 0.252 e. The molecular weight excluding hydrogens is 276 g/mol.